The van der Waals surface area contributed by atoms with Gasteiger partial charge in [0.05, 0.1) is 10.6 Å². The molecule has 0 saturated carbocycles. The molecule has 1 aliphatic heterocycles. The molecule has 0 bridgehead atoms. The largest absolute Gasteiger partial charge is 0.325 e. The minimum atomic E-state index is -0.559. The van der Waals surface area contributed by atoms with Gasteiger partial charge in [-0.3, -0.25) is 19.7 Å². The lowest BCUT2D eigenvalue weighted by molar-refractivity contribution is -0.385. The van der Waals surface area contributed by atoms with Crippen molar-refractivity contribution in [2.75, 3.05) is 0 Å². The summed E-state index contributed by atoms with van der Waals surface area (Å²) in [4.78, 5) is 39.3. The van der Waals surface area contributed by atoms with Crippen LogP contribution in [0.3, 0.4) is 0 Å². The lowest BCUT2D eigenvalue weighted by Gasteiger charge is -2.28. The lowest BCUT2D eigenvalue weighted by atomic mass is 9.85. The first-order valence-electron chi connectivity index (χ1n) is 8.75. The first kappa shape index (κ1) is 17.1. The van der Waals surface area contributed by atoms with E-state index in [1.54, 1.807) is 19.1 Å². The Hall–Kier alpha value is -3.35. The molecular formula is C20H17N3O4. The predicted molar refractivity (Wildman–Crippen MR) is 99.3 cm³/mol. The number of fused-ring (bicyclic) bond motifs is 2. The topological polar surface area (TPSA) is 102 Å². The highest BCUT2D eigenvalue weighted by Crippen LogP contribution is 2.39. The van der Waals surface area contributed by atoms with Gasteiger partial charge in [0.25, 0.3) is 17.5 Å². The van der Waals surface area contributed by atoms with Crippen LogP contribution in [-0.4, -0.2) is 22.4 Å². The molecule has 1 aromatic rings. The zero-order chi connectivity index (χ0) is 19.1. The van der Waals surface area contributed by atoms with Gasteiger partial charge in [0.2, 0.25) is 0 Å². The van der Waals surface area contributed by atoms with Crippen LogP contribution in [0.5, 0.6) is 0 Å². The van der Waals surface area contributed by atoms with Crippen molar-refractivity contribution in [3.8, 4) is 0 Å². The van der Waals surface area contributed by atoms with Crippen LogP contribution < -0.4 is 5.32 Å². The number of nitro groups is 1. The maximum absolute atomic E-state index is 12.4. The number of amides is 2. The number of benzene rings is 1. The fraction of sp³-hybridized carbons (Fsp3) is 0.250. The molecule has 0 aromatic heterocycles. The standard InChI is InChI=1S/C20H17N3O4/c1-11-5-6-12(9-18(11)23(26)27)19(24)21-13-7-8-15-14-3-2-4-16(14)20(25)22-17(15)10-13/h5-10,15H,2-4H2,1H3,(H,22,25). The summed E-state index contributed by atoms with van der Waals surface area (Å²) in [6.45, 7) is 1.62. The summed E-state index contributed by atoms with van der Waals surface area (Å²) < 4.78 is 0. The summed E-state index contributed by atoms with van der Waals surface area (Å²) in [5.74, 6) is -0.592. The second-order valence-electron chi connectivity index (χ2n) is 6.85. The van der Waals surface area contributed by atoms with Gasteiger partial charge in [-0.1, -0.05) is 12.1 Å². The van der Waals surface area contributed by atoms with Gasteiger partial charge in [-0.2, -0.15) is 0 Å². The molecule has 2 amide bonds. The number of allylic oxidation sites excluding steroid dienone is 3. The van der Waals surface area contributed by atoms with Gasteiger partial charge in [-0.25, -0.2) is 4.99 Å². The first-order chi connectivity index (χ1) is 12.9. The quantitative estimate of drug-likeness (QED) is 0.644. The van der Waals surface area contributed by atoms with Crippen LogP contribution in [0.2, 0.25) is 0 Å². The number of aliphatic imine (C=N–C) groups is 1. The van der Waals surface area contributed by atoms with Gasteiger partial charge >= 0.3 is 0 Å². The third kappa shape index (κ3) is 3.01. The minimum Gasteiger partial charge on any atom is -0.325 e. The van der Waals surface area contributed by atoms with Crippen molar-refractivity contribution in [1.82, 2.24) is 5.32 Å². The van der Waals surface area contributed by atoms with E-state index in [9.17, 15) is 19.7 Å². The Kier molecular flexibility index (Phi) is 4.07. The van der Waals surface area contributed by atoms with Crippen LogP contribution in [-0.2, 0) is 4.79 Å². The van der Waals surface area contributed by atoms with Crippen molar-refractivity contribution < 1.29 is 14.5 Å². The molecule has 7 heteroatoms. The Morgan fingerprint density at radius 1 is 1.33 bits per heavy atom. The normalized spacial score (nSPS) is 22.3. The van der Waals surface area contributed by atoms with E-state index >= 15 is 0 Å². The maximum atomic E-state index is 12.4. The zero-order valence-corrected chi connectivity index (χ0v) is 14.7. The van der Waals surface area contributed by atoms with Gasteiger partial charge in [0.1, 0.15) is 0 Å². The molecule has 4 rings (SSSR count). The molecule has 7 nitrogen and oxygen atoms in total. The van der Waals surface area contributed by atoms with E-state index in [0.29, 0.717) is 11.3 Å². The molecule has 3 aliphatic rings. The van der Waals surface area contributed by atoms with Gasteiger partial charge in [0.15, 0.2) is 0 Å². The van der Waals surface area contributed by atoms with E-state index in [2.05, 4.69) is 10.3 Å². The van der Waals surface area contributed by atoms with Gasteiger partial charge in [0, 0.05) is 34.4 Å². The van der Waals surface area contributed by atoms with Crippen LogP contribution in [0, 0.1) is 23.0 Å². The van der Waals surface area contributed by atoms with Gasteiger partial charge < -0.3 is 5.32 Å². The summed E-state index contributed by atoms with van der Waals surface area (Å²) in [7, 11) is 0. The second kappa shape index (κ2) is 6.42. The van der Waals surface area contributed by atoms with Crippen molar-refractivity contribution >= 4 is 23.2 Å². The van der Waals surface area contributed by atoms with Crippen molar-refractivity contribution in [3.63, 3.8) is 0 Å². The van der Waals surface area contributed by atoms with Crippen LogP contribution in [0.25, 0.3) is 0 Å². The Bertz CT molecular complexity index is 1010. The van der Waals surface area contributed by atoms with Crippen molar-refractivity contribution in [1.29, 1.82) is 0 Å². The molecule has 1 unspecified atom stereocenters. The Morgan fingerprint density at radius 3 is 2.93 bits per heavy atom. The highest BCUT2D eigenvalue weighted by molar-refractivity contribution is 6.14. The average molecular weight is 363 g/mol. The lowest BCUT2D eigenvalue weighted by Crippen LogP contribution is -2.35. The molecule has 0 spiro atoms. The fourth-order valence-electron chi connectivity index (χ4n) is 3.78. The van der Waals surface area contributed by atoms with E-state index < -0.39 is 10.8 Å². The van der Waals surface area contributed by atoms with Crippen LogP contribution in [0.15, 0.2) is 58.3 Å². The molecule has 2 aliphatic carbocycles. The summed E-state index contributed by atoms with van der Waals surface area (Å²) in [6, 6.07) is 4.30. The highest BCUT2D eigenvalue weighted by Gasteiger charge is 2.34. The molecule has 0 saturated heterocycles. The van der Waals surface area contributed by atoms with E-state index in [1.807, 2.05) is 6.08 Å². The number of aryl methyl sites for hydroxylation is 1. The number of nitrogens with zero attached hydrogens (tertiary/aromatic N) is 2. The number of nitrogens with one attached hydrogen (secondary N) is 1. The van der Waals surface area contributed by atoms with E-state index in [0.717, 1.165) is 36.1 Å². The van der Waals surface area contributed by atoms with Gasteiger partial charge in [-0.15, -0.1) is 0 Å². The van der Waals surface area contributed by atoms with E-state index in [-0.39, 0.29) is 23.1 Å². The number of hydrogen-bond donors (Lipinski definition) is 1. The summed E-state index contributed by atoms with van der Waals surface area (Å²) in [5.41, 5.74) is 3.70. The number of carbonyl (C=O) groups is 2. The SMILES string of the molecule is Cc1ccc(C(=O)N=C2C=CC3C(=C2)NC(=O)C2=C3CCC2)cc1[N+](=O)[O-]. The third-order valence-electron chi connectivity index (χ3n) is 5.15. The molecule has 0 radical (unpaired) electrons. The Morgan fingerprint density at radius 2 is 2.15 bits per heavy atom. The number of carbonyl (C=O) groups excluding carboxylic acids is 2. The van der Waals surface area contributed by atoms with Crippen molar-refractivity contribution in [2.24, 2.45) is 10.9 Å². The molecule has 1 heterocycles. The smallest absolute Gasteiger partial charge is 0.277 e. The minimum absolute atomic E-state index is 0.0368. The third-order valence-corrected chi connectivity index (χ3v) is 5.15. The second-order valence-corrected chi connectivity index (χ2v) is 6.85. The number of hydrogen-bond acceptors (Lipinski definition) is 4. The molecule has 1 aromatic carbocycles. The maximum Gasteiger partial charge on any atom is 0.277 e. The molecular weight excluding hydrogens is 346 g/mol. The van der Waals surface area contributed by atoms with Gasteiger partial charge in [-0.05, 0) is 50.0 Å². The molecule has 136 valence electrons. The Balaban J connectivity index is 1.62. The number of nitro benzene ring substituents is 1. The fourth-order valence-corrected chi connectivity index (χ4v) is 3.78. The zero-order valence-electron chi connectivity index (χ0n) is 14.7. The van der Waals surface area contributed by atoms with E-state index in [4.69, 9.17) is 0 Å². The average Bonchev–Trinajstić information content (AvgIpc) is 3.12. The summed E-state index contributed by atoms with van der Waals surface area (Å²) in [5, 5.41) is 14.0. The summed E-state index contributed by atoms with van der Waals surface area (Å²) in [6.07, 6.45) is 8.11. The molecule has 27 heavy (non-hydrogen) atoms. The highest BCUT2D eigenvalue weighted by atomic mass is 16.6. The van der Waals surface area contributed by atoms with Crippen LogP contribution in [0.4, 0.5) is 5.69 Å². The van der Waals surface area contributed by atoms with Crippen LogP contribution >= 0.6 is 0 Å². The van der Waals surface area contributed by atoms with Crippen LogP contribution in [0.1, 0.15) is 35.2 Å². The first-order valence-corrected chi connectivity index (χ1v) is 8.75. The predicted octanol–water partition coefficient (Wildman–Crippen LogP) is 3.16. The number of rotatable bonds is 2. The molecule has 1 N–H and O–H groups in total. The van der Waals surface area contributed by atoms with E-state index in [1.165, 1.54) is 18.2 Å². The van der Waals surface area contributed by atoms with Crippen molar-refractivity contribution in [3.05, 3.63) is 74.5 Å². The Labute approximate surface area is 155 Å². The molecule has 0 fully saturated rings. The van der Waals surface area contributed by atoms with Crippen molar-refractivity contribution in [2.45, 2.75) is 26.2 Å². The molecule has 1 atom stereocenters. The monoisotopic (exact) mass is 363 g/mol. The summed E-state index contributed by atoms with van der Waals surface area (Å²) >= 11 is 0.